The predicted octanol–water partition coefficient (Wildman–Crippen LogP) is 2.18. The lowest BCUT2D eigenvalue weighted by Crippen LogP contribution is -2.63. The average Bonchev–Trinajstić information content (AvgIpc) is 2.98. The number of rotatable bonds is 5. The van der Waals surface area contributed by atoms with E-state index in [4.69, 9.17) is 4.74 Å². The molecule has 150 valence electrons. The maximum atomic E-state index is 12.6. The number of hydrogen-bond acceptors (Lipinski definition) is 7. The number of imide groups is 1. The van der Waals surface area contributed by atoms with Gasteiger partial charge in [0.1, 0.15) is 5.25 Å². The molecule has 10 heteroatoms. The van der Waals surface area contributed by atoms with Crippen LogP contribution in [0.25, 0.3) is 0 Å². The third-order valence-electron chi connectivity index (χ3n) is 4.47. The van der Waals surface area contributed by atoms with Gasteiger partial charge < -0.3 is 14.5 Å². The minimum atomic E-state index is -0.654. The van der Waals surface area contributed by atoms with Crippen molar-refractivity contribution in [1.82, 2.24) is 15.1 Å². The number of thioether (sulfide) groups is 1. The number of carbonyl (C=O) groups is 3. The number of fused-ring (bicyclic) bond motifs is 1. The van der Waals surface area contributed by atoms with Gasteiger partial charge in [0.05, 0.1) is 6.61 Å². The second kappa shape index (κ2) is 8.52. The molecule has 0 bridgehead atoms. The van der Waals surface area contributed by atoms with Crippen molar-refractivity contribution >= 4 is 50.8 Å². The molecule has 0 aromatic heterocycles. The van der Waals surface area contributed by atoms with Crippen molar-refractivity contribution in [2.75, 3.05) is 13.7 Å². The van der Waals surface area contributed by atoms with Gasteiger partial charge in [0.2, 0.25) is 0 Å². The number of amides is 3. The Balaban J connectivity index is 1.90. The van der Waals surface area contributed by atoms with Crippen LogP contribution in [0, 0.1) is 0 Å². The van der Waals surface area contributed by atoms with E-state index in [2.05, 4.69) is 26.2 Å². The van der Waals surface area contributed by atoms with Crippen molar-refractivity contribution in [2.45, 2.75) is 37.8 Å². The minimum Gasteiger partial charge on any atom is -0.465 e. The van der Waals surface area contributed by atoms with Crippen LogP contribution in [0.5, 0.6) is 0 Å². The molecule has 2 aliphatic rings. The van der Waals surface area contributed by atoms with Crippen LogP contribution in [0.3, 0.4) is 0 Å². The molecule has 8 nitrogen and oxygen atoms in total. The second-order valence-corrected chi connectivity index (χ2v) is 8.67. The van der Waals surface area contributed by atoms with Crippen LogP contribution in [0.1, 0.15) is 19.4 Å². The molecule has 1 aromatic rings. The number of urea groups is 1. The molecule has 0 radical (unpaired) electrons. The average molecular weight is 469 g/mol. The molecule has 3 rings (SSSR count). The molecule has 2 aliphatic heterocycles. The highest BCUT2D eigenvalue weighted by Gasteiger charge is 2.49. The standard InChI is InChI=1S/C18H21BrN4O4S/c1-4-27-16(25)10(2)28-18-20-14-13(15(24)21-17(26)22(14)3)23(18)9-11-6-5-7-12(19)8-11/h5-8,10,13-14H,4,9H2,1-3H3,(H,21,24,26). The normalized spacial score (nSPS) is 22.5. The summed E-state index contributed by atoms with van der Waals surface area (Å²) in [5.74, 6) is -0.743. The SMILES string of the molecule is CCOC(=O)C(C)SC1=NC2C(C(=O)NC(=O)N2C)N1Cc1cccc(Br)c1. The quantitative estimate of drug-likeness (QED) is 0.665. The zero-order valence-electron chi connectivity index (χ0n) is 15.7. The first-order valence-corrected chi connectivity index (χ1v) is 10.5. The van der Waals surface area contributed by atoms with E-state index in [1.807, 2.05) is 29.2 Å². The number of amidine groups is 1. The minimum absolute atomic E-state index is 0.295. The molecule has 1 saturated heterocycles. The highest BCUT2D eigenvalue weighted by Crippen LogP contribution is 2.32. The molecule has 3 atom stereocenters. The number of benzene rings is 1. The zero-order chi connectivity index (χ0) is 20.4. The number of aliphatic imine (C=N–C) groups is 1. The van der Waals surface area contributed by atoms with Crippen molar-refractivity contribution in [1.29, 1.82) is 0 Å². The summed E-state index contributed by atoms with van der Waals surface area (Å²) in [6.07, 6.45) is -0.634. The Hall–Kier alpha value is -2.07. The van der Waals surface area contributed by atoms with Gasteiger partial charge in [-0.25, -0.2) is 9.79 Å². The second-order valence-electron chi connectivity index (χ2n) is 6.45. The van der Waals surface area contributed by atoms with Gasteiger partial charge in [-0.3, -0.25) is 14.9 Å². The lowest BCUT2D eigenvalue weighted by Gasteiger charge is -2.36. The summed E-state index contributed by atoms with van der Waals surface area (Å²) in [4.78, 5) is 44.5. The smallest absolute Gasteiger partial charge is 0.325 e. The lowest BCUT2D eigenvalue weighted by atomic mass is 10.1. The highest BCUT2D eigenvalue weighted by molar-refractivity contribution is 9.10. The van der Waals surface area contributed by atoms with Gasteiger partial charge in [0.15, 0.2) is 17.4 Å². The van der Waals surface area contributed by atoms with E-state index in [1.165, 1.54) is 16.7 Å². The van der Waals surface area contributed by atoms with Crippen LogP contribution in [-0.4, -0.2) is 64.0 Å². The van der Waals surface area contributed by atoms with Crippen molar-refractivity contribution in [2.24, 2.45) is 4.99 Å². The van der Waals surface area contributed by atoms with Crippen LogP contribution >= 0.6 is 27.7 Å². The number of halogens is 1. The van der Waals surface area contributed by atoms with E-state index in [-0.39, 0.29) is 5.97 Å². The molecule has 1 N–H and O–H groups in total. The van der Waals surface area contributed by atoms with E-state index in [0.29, 0.717) is 18.3 Å². The lowest BCUT2D eigenvalue weighted by molar-refractivity contribution is -0.142. The third kappa shape index (κ3) is 4.17. The molecule has 0 spiro atoms. The highest BCUT2D eigenvalue weighted by atomic mass is 79.9. The number of nitrogens with zero attached hydrogens (tertiary/aromatic N) is 3. The Morgan fingerprint density at radius 3 is 2.86 bits per heavy atom. The number of carbonyl (C=O) groups excluding carboxylic acids is 3. The maximum absolute atomic E-state index is 12.6. The van der Waals surface area contributed by atoms with Crippen LogP contribution in [0.2, 0.25) is 0 Å². The Kier molecular flexibility index (Phi) is 6.29. The predicted molar refractivity (Wildman–Crippen MR) is 110 cm³/mol. The molecule has 3 unspecified atom stereocenters. The van der Waals surface area contributed by atoms with Gasteiger partial charge in [-0.05, 0) is 31.5 Å². The van der Waals surface area contributed by atoms with E-state index in [9.17, 15) is 14.4 Å². The van der Waals surface area contributed by atoms with E-state index in [0.717, 1.165) is 10.0 Å². The van der Waals surface area contributed by atoms with Crippen LogP contribution in [-0.2, 0) is 20.9 Å². The van der Waals surface area contributed by atoms with E-state index < -0.39 is 29.4 Å². The maximum Gasteiger partial charge on any atom is 0.325 e. The van der Waals surface area contributed by atoms with Crippen molar-refractivity contribution in [3.05, 3.63) is 34.3 Å². The van der Waals surface area contributed by atoms with Crippen LogP contribution < -0.4 is 5.32 Å². The summed E-state index contributed by atoms with van der Waals surface area (Å²) in [6.45, 7) is 4.20. The summed E-state index contributed by atoms with van der Waals surface area (Å²) in [6, 6.07) is 6.60. The van der Waals surface area contributed by atoms with Gasteiger partial charge in [-0.15, -0.1) is 0 Å². The first-order chi connectivity index (χ1) is 13.3. The number of esters is 1. The summed E-state index contributed by atoms with van der Waals surface area (Å²) >= 11 is 4.68. The molecule has 1 aromatic carbocycles. The molecular weight excluding hydrogens is 448 g/mol. The topological polar surface area (TPSA) is 91.3 Å². The van der Waals surface area contributed by atoms with Gasteiger partial charge in [-0.2, -0.15) is 0 Å². The third-order valence-corrected chi connectivity index (χ3v) is 6.06. The first-order valence-electron chi connectivity index (χ1n) is 8.81. The van der Waals surface area contributed by atoms with Crippen molar-refractivity contribution < 1.29 is 19.1 Å². The Morgan fingerprint density at radius 2 is 2.18 bits per heavy atom. The molecular formula is C18H21BrN4O4S. The molecule has 3 amide bonds. The molecule has 2 heterocycles. The fraction of sp³-hybridized carbons (Fsp3) is 0.444. The first kappa shape index (κ1) is 20.7. The summed E-state index contributed by atoms with van der Waals surface area (Å²) < 4.78 is 6.00. The Bertz CT molecular complexity index is 834. The zero-order valence-corrected chi connectivity index (χ0v) is 18.1. The fourth-order valence-corrected chi connectivity index (χ4v) is 4.47. The number of nitrogens with one attached hydrogen (secondary N) is 1. The number of ether oxygens (including phenoxy) is 1. The Morgan fingerprint density at radius 1 is 1.43 bits per heavy atom. The molecule has 0 aliphatic carbocycles. The van der Waals surface area contributed by atoms with Gasteiger partial charge in [-0.1, -0.05) is 39.8 Å². The van der Waals surface area contributed by atoms with Gasteiger partial charge in [0, 0.05) is 18.1 Å². The van der Waals surface area contributed by atoms with E-state index >= 15 is 0 Å². The Labute approximate surface area is 175 Å². The van der Waals surface area contributed by atoms with E-state index in [1.54, 1.807) is 20.9 Å². The summed E-state index contributed by atoms with van der Waals surface area (Å²) in [5.41, 5.74) is 0.972. The van der Waals surface area contributed by atoms with Crippen LogP contribution in [0.4, 0.5) is 4.79 Å². The van der Waals surface area contributed by atoms with Gasteiger partial charge >= 0.3 is 12.0 Å². The number of hydrogen-bond donors (Lipinski definition) is 1. The van der Waals surface area contributed by atoms with Crippen molar-refractivity contribution in [3.8, 4) is 0 Å². The molecule has 0 saturated carbocycles. The molecule has 28 heavy (non-hydrogen) atoms. The monoisotopic (exact) mass is 468 g/mol. The van der Waals surface area contributed by atoms with Crippen LogP contribution in [0.15, 0.2) is 33.7 Å². The molecule has 1 fully saturated rings. The summed E-state index contributed by atoms with van der Waals surface area (Å²) in [7, 11) is 1.60. The number of likely N-dealkylation sites (N-methyl/N-ethyl adjacent to an activating group) is 1. The summed E-state index contributed by atoms with van der Waals surface area (Å²) in [5, 5.41) is 2.41. The largest absolute Gasteiger partial charge is 0.465 e. The fourth-order valence-electron chi connectivity index (χ4n) is 3.06. The van der Waals surface area contributed by atoms with Gasteiger partial charge in [0.25, 0.3) is 5.91 Å². The van der Waals surface area contributed by atoms with Crippen molar-refractivity contribution in [3.63, 3.8) is 0 Å².